The topological polar surface area (TPSA) is 107 Å². The molecule has 1 aromatic heterocycles. The monoisotopic (exact) mass is 274 g/mol. The number of hydrogen-bond acceptors (Lipinski definition) is 3. The fraction of sp³-hybridized carbons (Fsp3) is 0.154. The van der Waals surface area contributed by atoms with E-state index in [9.17, 15) is 9.59 Å². The van der Waals surface area contributed by atoms with Gasteiger partial charge in [-0.25, -0.2) is 9.59 Å². The van der Waals surface area contributed by atoms with Gasteiger partial charge in [0.2, 0.25) is 0 Å². The molecule has 2 amide bonds. The Morgan fingerprint density at radius 1 is 1.20 bits per heavy atom. The number of carbonyl (C=O) groups is 2. The van der Waals surface area contributed by atoms with Gasteiger partial charge in [0.05, 0.1) is 11.8 Å². The summed E-state index contributed by atoms with van der Waals surface area (Å²) >= 11 is 0. The molecular weight excluding hydrogens is 260 g/mol. The van der Waals surface area contributed by atoms with Gasteiger partial charge in [0.25, 0.3) is 0 Å². The number of aromatic carboxylic acids is 1. The van der Waals surface area contributed by atoms with Crippen LogP contribution < -0.4 is 10.6 Å². The van der Waals surface area contributed by atoms with Crippen molar-refractivity contribution in [3.8, 4) is 0 Å². The van der Waals surface area contributed by atoms with Gasteiger partial charge in [-0.15, -0.1) is 0 Å². The average molecular weight is 274 g/mol. The number of hydrogen-bond donors (Lipinski definition) is 4. The van der Waals surface area contributed by atoms with Crippen molar-refractivity contribution in [2.24, 2.45) is 0 Å². The number of H-pyrrole nitrogens is 1. The molecule has 0 spiro atoms. The normalized spacial score (nSPS) is 10.0. The predicted molar refractivity (Wildman–Crippen MR) is 71.1 cm³/mol. The Balaban J connectivity index is 1.81. The molecule has 104 valence electrons. The lowest BCUT2D eigenvalue weighted by atomic mass is 10.1. The highest BCUT2D eigenvalue weighted by Gasteiger charge is 2.05. The molecule has 20 heavy (non-hydrogen) atoms. The number of urea groups is 1. The molecule has 0 atom stereocenters. The molecule has 4 N–H and O–H groups in total. The van der Waals surface area contributed by atoms with E-state index in [0.29, 0.717) is 6.54 Å². The predicted octanol–water partition coefficient (Wildman–Crippen LogP) is 1.11. The fourth-order valence-corrected chi connectivity index (χ4v) is 1.62. The molecule has 0 bridgehead atoms. The fourth-order valence-electron chi connectivity index (χ4n) is 1.62. The van der Waals surface area contributed by atoms with Crippen molar-refractivity contribution >= 4 is 12.0 Å². The van der Waals surface area contributed by atoms with Crippen LogP contribution in [0.15, 0.2) is 36.7 Å². The van der Waals surface area contributed by atoms with E-state index in [4.69, 9.17) is 5.11 Å². The number of carbonyl (C=O) groups excluding carboxylic acids is 1. The third kappa shape index (κ3) is 3.84. The van der Waals surface area contributed by atoms with Crippen LogP contribution in [-0.4, -0.2) is 27.3 Å². The van der Waals surface area contributed by atoms with Crippen molar-refractivity contribution in [2.45, 2.75) is 13.1 Å². The summed E-state index contributed by atoms with van der Waals surface area (Å²) in [6, 6.07) is 6.10. The van der Waals surface area contributed by atoms with Crippen molar-refractivity contribution in [2.75, 3.05) is 0 Å². The Hall–Kier alpha value is -2.83. The smallest absolute Gasteiger partial charge is 0.335 e. The van der Waals surface area contributed by atoms with E-state index in [1.807, 2.05) is 0 Å². The molecule has 0 fully saturated rings. The first kappa shape index (κ1) is 13.6. The maximum atomic E-state index is 11.6. The van der Waals surface area contributed by atoms with Crippen molar-refractivity contribution < 1.29 is 14.7 Å². The molecule has 0 aliphatic rings. The molecule has 0 aliphatic heterocycles. The minimum Gasteiger partial charge on any atom is -0.478 e. The summed E-state index contributed by atoms with van der Waals surface area (Å²) < 4.78 is 0. The highest BCUT2D eigenvalue weighted by molar-refractivity contribution is 5.87. The van der Waals surface area contributed by atoms with Gasteiger partial charge in [0, 0.05) is 24.8 Å². The Labute approximate surface area is 115 Å². The summed E-state index contributed by atoms with van der Waals surface area (Å²) in [5, 5.41) is 20.6. The average Bonchev–Trinajstić information content (AvgIpc) is 2.96. The molecule has 7 nitrogen and oxygen atoms in total. The number of aromatic amines is 1. The highest BCUT2D eigenvalue weighted by Crippen LogP contribution is 2.05. The third-order valence-corrected chi connectivity index (χ3v) is 2.63. The van der Waals surface area contributed by atoms with Crippen molar-refractivity contribution in [1.29, 1.82) is 0 Å². The van der Waals surface area contributed by atoms with Crippen LogP contribution in [0.5, 0.6) is 0 Å². The molecule has 0 unspecified atom stereocenters. The zero-order valence-electron chi connectivity index (χ0n) is 10.6. The largest absolute Gasteiger partial charge is 0.478 e. The van der Waals surface area contributed by atoms with Gasteiger partial charge in [-0.2, -0.15) is 5.10 Å². The quantitative estimate of drug-likeness (QED) is 0.655. The van der Waals surface area contributed by atoms with E-state index in [1.54, 1.807) is 24.5 Å². The summed E-state index contributed by atoms with van der Waals surface area (Å²) in [6.45, 7) is 0.635. The summed E-state index contributed by atoms with van der Waals surface area (Å²) in [6.07, 6.45) is 3.31. The van der Waals surface area contributed by atoms with E-state index < -0.39 is 5.97 Å². The molecule has 0 aliphatic carbocycles. The molecule has 0 saturated carbocycles. The van der Waals surface area contributed by atoms with Crippen molar-refractivity contribution in [3.05, 3.63) is 53.3 Å². The van der Waals surface area contributed by atoms with Crippen LogP contribution in [0.2, 0.25) is 0 Å². The Morgan fingerprint density at radius 3 is 2.60 bits per heavy atom. The number of nitrogens with zero attached hydrogens (tertiary/aromatic N) is 1. The molecule has 2 rings (SSSR count). The Kier molecular flexibility index (Phi) is 4.33. The summed E-state index contributed by atoms with van der Waals surface area (Å²) in [7, 11) is 0. The second-order valence-corrected chi connectivity index (χ2v) is 4.15. The lowest BCUT2D eigenvalue weighted by molar-refractivity contribution is 0.0696. The number of aromatic nitrogens is 2. The number of amides is 2. The van der Waals surface area contributed by atoms with E-state index in [0.717, 1.165) is 11.1 Å². The second-order valence-electron chi connectivity index (χ2n) is 4.15. The first-order valence-electron chi connectivity index (χ1n) is 5.97. The van der Waals surface area contributed by atoms with Gasteiger partial charge in [0.15, 0.2) is 0 Å². The molecule has 1 heterocycles. The van der Waals surface area contributed by atoms with E-state index in [2.05, 4.69) is 20.8 Å². The SMILES string of the molecule is O=C(NCc1cn[nH]c1)NCc1cccc(C(=O)O)c1. The van der Waals surface area contributed by atoms with Gasteiger partial charge in [-0.05, 0) is 17.7 Å². The standard InChI is InChI=1S/C13H14N4O3/c18-12(19)11-3-1-2-9(4-11)5-14-13(20)15-6-10-7-16-17-8-10/h1-4,7-8H,5-6H2,(H,16,17)(H,18,19)(H2,14,15,20). The van der Waals surface area contributed by atoms with Gasteiger partial charge >= 0.3 is 12.0 Å². The second kappa shape index (κ2) is 6.37. The molecule has 7 heteroatoms. The first-order valence-corrected chi connectivity index (χ1v) is 5.97. The number of benzene rings is 1. The van der Waals surface area contributed by atoms with Crippen molar-refractivity contribution in [1.82, 2.24) is 20.8 Å². The van der Waals surface area contributed by atoms with Crippen LogP contribution in [0.25, 0.3) is 0 Å². The highest BCUT2D eigenvalue weighted by atomic mass is 16.4. The third-order valence-electron chi connectivity index (χ3n) is 2.63. The van der Waals surface area contributed by atoms with E-state index >= 15 is 0 Å². The Bertz CT molecular complexity index is 595. The van der Waals surface area contributed by atoms with Gasteiger partial charge < -0.3 is 15.7 Å². The minimum atomic E-state index is -0.990. The summed E-state index contributed by atoms with van der Waals surface area (Å²) in [5.74, 6) is -0.990. The minimum absolute atomic E-state index is 0.197. The lowest BCUT2D eigenvalue weighted by Crippen LogP contribution is -2.34. The van der Waals surface area contributed by atoms with Crippen molar-refractivity contribution in [3.63, 3.8) is 0 Å². The number of carboxylic acids is 1. The van der Waals surface area contributed by atoms with Crippen LogP contribution in [0.3, 0.4) is 0 Å². The zero-order chi connectivity index (χ0) is 14.4. The maximum absolute atomic E-state index is 11.6. The zero-order valence-corrected chi connectivity index (χ0v) is 10.6. The summed E-state index contributed by atoms with van der Waals surface area (Å²) in [4.78, 5) is 22.4. The van der Waals surface area contributed by atoms with E-state index in [1.165, 1.54) is 12.1 Å². The van der Waals surface area contributed by atoms with Gasteiger partial charge in [-0.1, -0.05) is 12.1 Å². The van der Waals surface area contributed by atoms with Crippen LogP contribution in [0, 0.1) is 0 Å². The van der Waals surface area contributed by atoms with Crippen LogP contribution in [-0.2, 0) is 13.1 Å². The number of carboxylic acid groups (broad SMARTS) is 1. The molecular formula is C13H14N4O3. The number of rotatable bonds is 5. The van der Waals surface area contributed by atoms with Crippen LogP contribution >= 0.6 is 0 Å². The van der Waals surface area contributed by atoms with Gasteiger partial charge in [0.1, 0.15) is 0 Å². The lowest BCUT2D eigenvalue weighted by Gasteiger charge is -2.07. The maximum Gasteiger partial charge on any atom is 0.335 e. The van der Waals surface area contributed by atoms with Crippen LogP contribution in [0.1, 0.15) is 21.5 Å². The Morgan fingerprint density at radius 2 is 1.95 bits per heavy atom. The first-order chi connectivity index (χ1) is 9.65. The van der Waals surface area contributed by atoms with Gasteiger partial charge in [-0.3, -0.25) is 5.10 Å². The molecule has 1 aromatic carbocycles. The summed E-state index contributed by atoms with van der Waals surface area (Å²) in [5.41, 5.74) is 1.79. The number of nitrogens with one attached hydrogen (secondary N) is 3. The molecule has 2 aromatic rings. The molecule has 0 radical (unpaired) electrons. The van der Waals surface area contributed by atoms with Crippen LogP contribution in [0.4, 0.5) is 4.79 Å². The van der Waals surface area contributed by atoms with E-state index in [-0.39, 0.29) is 18.1 Å². The molecule has 0 saturated heterocycles.